The molecule has 0 bridgehead atoms. The summed E-state index contributed by atoms with van der Waals surface area (Å²) in [6, 6.07) is 9.38. The summed E-state index contributed by atoms with van der Waals surface area (Å²) < 4.78 is 16.1. The number of aromatic nitrogens is 4. The first-order valence-electron chi connectivity index (χ1n) is 5.85. The Hall–Kier alpha value is -1.99. The van der Waals surface area contributed by atoms with Crippen LogP contribution in [0.2, 0.25) is 5.02 Å². The molecule has 0 aliphatic carbocycles. The highest BCUT2D eigenvalue weighted by Crippen LogP contribution is 2.29. The normalized spacial score (nSPS) is 10.8. The van der Waals surface area contributed by atoms with Crippen molar-refractivity contribution in [2.24, 2.45) is 0 Å². The number of halogens is 3. The molecule has 3 rings (SSSR count). The Kier molecular flexibility index (Phi) is 3.60. The summed E-state index contributed by atoms with van der Waals surface area (Å²) in [4.78, 5) is 0. The molecule has 0 amide bonds. The maximum absolute atomic E-state index is 14.0. The Labute approximate surface area is 132 Å². The van der Waals surface area contributed by atoms with Gasteiger partial charge < -0.3 is 5.73 Å². The van der Waals surface area contributed by atoms with Crippen LogP contribution in [-0.4, -0.2) is 20.2 Å². The van der Waals surface area contributed by atoms with E-state index in [1.54, 1.807) is 18.2 Å². The van der Waals surface area contributed by atoms with E-state index in [1.165, 1.54) is 22.9 Å². The van der Waals surface area contributed by atoms with Crippen molar-refractivity contribution in [3.63, 3.8) is 0 Å². The first-order valence-corrected chi connectivity index (χ1v) is 7.02. The van der Waals surface area contributed by atoms with Crippen LogP contribution in [0.15, 0.2) is 40.9 Å². The highest BCUT2D eigenvalue weighted by Gasteiger charge is 2.16. The van der Waals surface area contributed by atoms with Gasteiger partial charge in [-0.25, -0.2) is 4.39 Å². The fourth-order valence-corrected chi connectivity index (χ4v) is 2.74. The summed E-state index contributed by atoms with van der Waals surface area (Å²) in [5.41, 5.74) is 6.99. The van der Waals surface area contributed by atoms with Gasteiger partial charge >= 0.3 is 0 Å². The minimum Gasteiger partial charge on any atom is -0.399 e. The zero-order valence-corrected chi connectivity index (χ0v) is 12.8. The first kappa shape index (κ1) is 14.0. The van der Waals surface area contributed by atoms with E-state index in [0.29, 0.717) is 20.9 Å². The summed E-state index contributed by atoms with van der Waals surface area (Å²) in [5.74, 6) is -0.201. The van der Waals surface area contributed by atoms with Crippen LogP contribution in [0.3, 0.4) is 0 Å². The van der Waals surface area contributed by atoms with Crippen LogP contribution in [0.4, 0.5) is 10.1 Å². The Morgan fingerprint density at radius 1 is 1.19 bits per heavy atom. The second-order valence-corrected chi connectivity index (χ2v) is 5.54. The van der Waals surface area contributed by atoms with Crippen molar-refractivity contribution >= 4 is 33.2 Å². The summed E-state index contributed by atoms with van der Waals surface area (Å²) in [6.45, 7) is 0. The van der Waals surface area contributed by atoms with Crippen molar-refractivity contribution in [3.8, 4) is 17.1 Å². The van der Waals surface area contributed by atoms with Gasteiger partial charge in [-0.1, -0.05) is 11.6 Å². The molecule has 1 heterocycles. The van der Waals surface area contributed by atoms with E-state index in [-0.39, 0.29) is 11.4 Å². The molecule has 1 aromatic heterocycles. The number of hydrogen-bond donors (Lipinski definition) is 1. The molecule has 2 aromatic carbocycles. The molecule has 0 unspecified atom stereocenters. The quantitative estimate of drug-likeness (QED) is 0.703. The predicted octanol–water partition coefficient (Wildman–Crippen LogP) is 3.47. The van der Waals surface area contributed by atoms with Gasteiger partial charge in [0, 0.05) is 15.2 Å². The fourth-order valence-electron chi connectivity index (χ4n) is 1.88. The van der Waals surface area contributed by atoms with Crippen LogP contribution < -0.4 is 5.73 Å². The molecule has 0 spiro atoms. The third kappa shape index (κ3) is 2.62. The molecule has 0 radical (unpaired) electrons. The van der Waals surface area contributed by atoms with Crippen molar-refractivity contribution < 1.29 is 4.39 Å². The van der Waals surface area contributed by atoms with Crippen LogP contribution in [0.25, 0.3) is 17.1 Å². The minimum atomic E-state index is -0.453. The average molecular weight is 369 g/mol. The summed E-state index contributed by atoms with van der Waals surface area (Å²) in [5, 5.41) is 12.0. The number of nitrogen functional groups attached to an aromatic ring is 1. The third-order valence-electron chi connectivity index (χ3n) is 2.84. The van der Waals surface area contributed by atoms with Crippen molar-refractivity contribution in [2.45, 2.75) is 0 Å². The van der Waals surface area contributed by atoms with Gasteiger partial charge in [-0.05, 0) is 62.8 Å². The highest BCUT2D eigenvalue weighted by atomic mass is 79.9. The average Bonchev–Trinajstić information content (AvgIpc) is 2.90. The van der Waals surface area contributed by atoms with Crippen LogP contribution in [0.1, 0.15) is 0 Å². The maximum atomic E-state index is 14.0. The smallest absolute Gasteiger partial charge is 0.190 e. The van der Waals surface area contributed by atoms with Crippen molar-refractivity contribution in [2.75, 3.05) is 5.73 Å². The van der Waals surface area contributed by atoms with E-state index in [0.717, 1.165) is 0 Å². The molecule has 106 valence electrons. The molecule has 3 aromatic rings. The second kappa shape index (κ2) is 5.42. The Balaban J connectivity index is 2.19. The summed E-state index contributed by atoms with van der Waals surface area (Å²) in [6.07, 6.45) is 0. The van der Waals surface area contributed by atoms with Gasteiger partial charge in [-0.15, -0.1) is 5.10 Å². The zero-order chi connectivity index (χ0) is 15.0. The van der Waals surface area contributed by atoms with Crippen molar-refractivity contribution in [1.29, 1.82) is 0 Å². The summed E-state index contributed by atoms with van der Waals surface area (Å²) >= 11 is 9.30. The molecule has 0 saturated carbocycles. The largest absolute Gasteiger partial charge is 0.399 e. The zero-order valence-electron chi connectivity index (χ0n) is 10.5. The van der Waals surface area contributed by atoms with Crippen LogP contribution >= 0.6 is 27.5 Å². The molecule has 21 heavy (non-hydrogen) atoms. The molecular formula is C13H8BrClFN5. The fraction of sp³-hybridized carbons (Fsp3) is 0. The Morgan fingerprint density at radius 2 is 2.00 bits per heavy atom. The predicted molar refractivity (Wildman–Crippen MR) is 81.7 cm³/mol. The maximum Gasteiger partial charge on any atom is 0.190 e. The van der Waals surface area contributed by atoms with E-state index < -0.39 is 5.82 Å². The number of rotatable bonds is 2. The van der Waals surface area contributed by atoms with E-state index in [9.17, 15) is 4.39 Å². The lowest BCUT2D eigenvalue weighted by Crippen LogP contribution is -2.02. The molecule has 0 fully saturated rings. The minimum absolute atomic E-state index is 0.224. The van der Waals surface area contributed by atoms with Crippen LogP contribution in [0.5, 0.6) is 0 Å². The lowest BCUT2D eigenvalue weighted by Gasteiger charge is -2.08. The van der Waals surface area contributed by atoms with Crippen molar-refractivity contribution in [1.82, 2.24) is 20.2 Å². The second-order valence-electron chi connectivity index (χ2n) is 4.25. The van der Waals surface area contributed by atoms with Crippen molar-refractivity contribution in [3.05, 3.63) is 51.7 Å². The van der Waals surface area contributed by atoms with Gasteiger partial charge in [0.05, 0.1) is 11.3 Å². The van der Waals surface area contributed by atoms with Crippen LogP contribution in [0, 0.1) is 5.82 Å². The molecule has 0 aliphatic heterocycles. The van der Waals surface area contributed by atoms with Gasteiger partial charge in [-0.2, -0.15) is 4.68 Å². The summed E-state index contributed by atoms with van der Waals surface area (Å²) in [7, 11) is 0. The first-order chi connectivity index (χ1) is 10.1. The molecular weight excluding hydrogens is 361 g/mol. The van der Waals surface area contributed by atoms with Gasteiger partial charge in [0.25, 0.3) is 0 Å². The number of nitrogens with zero attached hydrogens (tertiary/aromatic N) is 4. The van der Waals surface area contributed by atoms with Gasteiger partial charge in [0.15, 0.2) is 5.82 Å². The van der Waals surface area contributed by atoms with Gasteiger partial charge in [0.1, 0.15) is 5.82 Å². The molecule has 0 aliphatic rings. The SMILES string of the molecule is Nc1ccc(F)c(-c2nnnn2-c2ccc(Cl)cc2Br)c1. The number of nitrogens with two attached hydrogens (primary N) is 1. The third-order valence-corrected chi connectivity index (χ3v) is 3.71. The number of hydrogen-bond acceptors (Lipinski definition) is 4. The number of anilines is 1. The number of benzene rings is 2. The Morgan fingerprint density at radius 3 is 2.76 bits per heavy atom. The van der Waals surface area contributed by atoms with E-state index in [4.69, 9.17) is 17.3 Å². The molecule has 8 heteroatoms. The van der Waals surface area contributed by atoms with Gasteiger partial charge in [-0.3, -0.25) is 0 Å². The lowest BCUT2D eigenvalue weighted by molar-refractivity contribution is 0.629. The molecule has 5 nitrogen and oxygen atoms in total. The standard InChI is InChI=1S/C13H8BrClFN5/c14-10-5-7(15)1-4-12(10)21-13(18-19-20-21)9-6-8(17)2-3-11(9)16/h1-6H,17H2. The topological polar surface area (TPSA) is 69.6 Å². The highest BCUT2D eigenvalue weighted by molar-refractivity contribution is 9.10. The Bertz CT molecular complexity index is 820. The monoisotopic (exact) mass is 367 g/mol. The lowest BCUT2D eigenvalue weighted by atomic mass is 10.1. The number of tetrazole rings is 1. The van der Waals surface area contributed by atoms with Gasteiger partial charge in [0.2, 0.25) is 0 Å². The van der Waals surface area contributed by atoms with Crippen LogP contribution in [-0.2, 0) is 0 Å². The molecule has 0 atom stereocenters. The molecule has 2 N–H and O–H groups in total. The van der Waals surface area contributed by atoms with E-state index in [2.05, 4.69) is 31.5 Å². The van der Waals surface area contributed by atoms with E-state index in [1.807, 2.05) is 0 Å². The molecule has 0 saturated heterocycles. The van der Waals surface area contributed by atoms with E-state index >= 15 is 0 Å².